The van der Waals surface area contributed by atoms with Crippen LogP contribution < -0.4 is 5.46 Å². The Balaban J connectivity index is 2.76. The number of hydrogen-bond donors (Lipinski definition) is 1. The summed E-state index contributed by atoms with van der Waals surface area (Å²) in [6.45, 7) is 2.15. The van der Waals surface area contributed by atoms with Gasteiger partial charge in [-0.3, -0.25) is 0 Å². The maximum absolute atomic E-state index is 4.19. The summed E-state index contributed by atoms with van der Waals surface area (Å²) in [5.41, 5.74) is 2.33. The minimum absolute atomic E-state index is 0.990. The number of rotatable bonds is 1. The largest absolute Gasteiger partial charge is 0.347 e. The molecule has 0 bridgehead atoms. The molecule has 2 heterocycles. The molecule has 0 amide bonds. The fraction of sp³-hybridized carbons (Fsp3) is 0.125. The standard InChI is InChI=1S/C8H9BN2/c1-9-7-5-11-8-6(7)3-2-4-10-8/h2-5,9H,1H3,(H,10,11). The highest BCUT2D eigenvalue weighted by atomic mass is 14.8. The van der Waals surface area contributed by atoms with Gasteiger partial charge in [0.25, 0.3) is 0 Å². The quantitative estimate of drug-likeness (QED) is 0.585. The van der Waals surface area contributed by atoms with E-state index in [0.717, 1.165) is 12.9 Å². The van der Waals surface area contributed by atoms with Crippen LogP contribution in [0.4, 0.5) is 0 Å². The van der Waals surface area contributed by atoms with E-state index in [2.05, 4.69) is 22.9 Å². The van der Waals surface area contributed by atoms with Gasteiger partial charge < -0.3 is 4.98 Å². The van der Waals surface area contributed by atoms with E-state index in [1.165, 1.54) is 10.8 Å². The van der Waals surface area contributed by atoms with Crippen LogP contribution in [-0.4, -0.2) is 17.2 Å². The number of fused-ring (bicyclic) bond motifs is 1. The van der Waals surface area contributed by atoms with Gasteiger partial charge in [0.1, 0.15) is 5.65 Å². The van der Waals surface area contributed by atoms with Crippen molar-refractivity contribution in [3.8, 4) is 0 Å². The molecule has 0 aliphatic rings. The number of H-pyrrole nitrogens is 1. The molecule has 2 aromatic heterocycles. The summed E-state index contributed by atoms with van der Waals surface area (Å²) < 4.78 is 0. The molecule has 0 aliphatic heterocycles. The fourth-order valence-electron chi connectivity index (χ4n) is 1.31. The highest BCUT2D eigenvalue weighted by Gasteiger charge is 2.00. The van der Waals surface area contributed by atoms with Crippen LogP contribution in [0.3, 0.4) is 0 Å². The van der Waals surface area contributed by atoms with Gasteiger partial charge in [0.2, 0.25) is 0 Å². The molecule has 0 spiro atoms. The minimum Gasteiger partial charge on any atom is -0.347 e. The van der Waals surface area contributed by atoms with Crippen molar-refractivity contribution in [2.75, 3.05) is 0 Å². The number of aromatic nitrogens is 2. The Morgan fingerprint density at radius 1 is 1.55 bits per heavy atom. The second-order valence-electron chi connectivity index (χ2n) is 2.57. The Labute approximate surface area is 65.9 Å². The molecule has 2 nitrogen and oxygen atoms in total. The smallest absolute Gasteiger partial charge is 0.157 e. The highest BCUT2D eigenvalue weighted by Crippen LogP contribution is 2.04. The average Bonchev–Trinajstić information content (AvgIpc) is 2.47. The van der Waals surface area contributed by atoms with Gasteiger partial charge in [0, 0.05) is 11.6 Å². The SMILES string of the molecule is CBc1c[nH]c2ncccc12. The van der Waals surface area contributed by atoms with Crippen molar-refractivity contribution >= 4 is 23.8 Å². The van der Waals surface area contributed by atoms with Gasteiger partial charge in [-0.25, -0.2) is 4.98 Å². The van der Waals surface area contributed by atoms with E-state index in [1.807, 2.05) is 12.3 Å². The van der Waals surface area contributed by atoms with Crippen LogP contribution in [0.25, 0.3) is 11.0 Å². The van der Waals surface area contributed by atoms with E-state index in [4.69, 9.17) is 0 Å². The van der Waals surface area contributed by atoms with Gasteiger partial charge in [-0.2, -0.15) is 0 Å². The Morgan fingerprint density at radius 2 is 2.45 bits per heavy atom. The van der Waals surface area contributed by atoms with Crippen LogP contribution in [0.15, 0.2) is 24.5 Å². The van der Waals surface area contributed by atoms with Crippen LogP contribution in [0, 0.1) is 0 Å². The van der Waals surface area contributed by atoms with E-state index in [9.17, 15) is 0 Å². The summed E-state index contributed by atoms with van der Waals surface area (Å²) in [7, 11) is 1.06. The Bertz CT molecular complexity index is 367. The molecule has 0 radical (unpaired) electrons. The molecule has 3 heteroatoms. The first-order valence-corrected chi connectivity index (χ1v) is 3.83. The normalized spacial score (nSPS) is 10.3. The van der Waals surface area contributed by atoms with Crippen molar-refractivity contribution < 1.29 is 0 Å². The Morgan fingerprint density at radius 3 is 3.27 bits per heavy atom. The lowest BCUT2D eigenvalue weighted by Gasteiger charge is -1.89. The topological polar surface area (TPSA) is 28.7 Å². The first-order valence-electron chi connectivity index (χ1n) is 3.83. The summed E-state index contributed by atoms with van der Waals surface area (Å²) in [5.74, 6) is 0. The van der Waals surface area contributed by atoms with Gasteiger partial charge in [0.15, 0.2) is 7.28 Å². The van der Waals surface area contributed by atoms with Crippen molar-refractivity contribution in [1.82, 2.24) is 9.97 Å². The summed E-state index contributed by atoms with van der Waals surface area (Å²) >= 11 is 0. The molecule has 0 aromatic carbocycles. The van der Waals surface area contributed by atoms with Crippen LogP contribution in [0.5, 0.6) is 0 Å². The van der Waals surface area contributed by atoms with Crippen molar-refractivity contribution in [3.05, 3.63) is 24.5 Å². The highest BCUT2D eigenvalue weighted by molar-refractivity contribution is 6.55. The average molecular weight is 144 g/mol. The predicted molar refractivity (Wildman–Crippen MR) is 48.7 cm³/mol. The van der Waals surface area contributed by atoms with Gasteiger partial charge in [-0.1, -0.05) is 18.4 Å². The number of aromatic amines is 1. The molecule has 2 aromatic rings. The van der Waals surface area contributed by atoms with Gasteiger partial charge in [-0.05, 0) is 12.3 Å². The van der Waals surface area contributed by atoms with E-state index in [-0.39, 0.29) is 0 Å². The minimum atomic E-state index is 0.990. The Hall–Kier alpha value is -1.25. The van der Waals surface area contributed by atoms with E-state index in [0.29, 0.717) is 0 Å². The zero-order valence-electron chi connectivity index (χ0n) is 6.46. The summed E-state index contributed by atoms with van der Waals surface area (Å²) in [5, 5.41) is 1.25. The second-order valence-corrected chi connectivity index (χ2v) is 2.57. The lowest BCUT2D eigenvalue weighted by atomic mass is 9.73. The molecular formula is C8H9BN2. The van der Waals surface area contributed by atoms with Crippen molar-refractivity contribution in [2.45, 2.75) is 6.82 Å². The zero-order chi connectivity index (χ0) is 7.68. The van der Waals surface area contributed by atoms with E-state index >= 15 is 0 Å². The van der Waals surface area contributed by atoms with Crippen LogP contribution in [0.1, 0.15) is 0 Å². The van der Waals surface area contributed by atoms with Gasteiger partial charge in [0.05, 0.1) is 0 Å². The van der Waals surface area contributed by atoms with Crippen LogP contribution >= 0.6 is 0 Å². The van der Waals surface area contributed by atoms with Crippen molar-refractivity contribution in [2.24, 2.45) is 0 Å². The molecular weight excluding hydrogens is 135 g/mol. The van der Waals surface area contributed by atoms with Gasteiger partial charge in [-0.15, -0.1) is 0 Å². The number of nitrogens with one attached hydrogen (secondary N) is 1. The molecule has 0 fully saturated rings. The maximum atomic E-state index is 4.19. The number of hydrogen-bond acceptors (Lipinski definition) is 1. The lowest BCUT2D eigenvalue weighted by molar-refractivity contribution is 1.33. The molecule has 2 rings (SSSR count). The molecule has 0 saturated carbocycles. The Kier molecular flexibility index (Phi) is 1.42. The van der Waals surface area contributed by atoms with Crippen molar-refractivity contribution in [1.29, 1.82) is 0 Å². The monoisotopic (exact) mass is 144 g/mol. The van der Waals surface area contributed by atoms with Crippen LogP contribution in [0.2, 0.25) is 6.82 Å². The van der Waals surface area contributed by atoms with Crippen LogP contribution in [-0.2, 0) is 0 Å². The molecule has 0 unspecified atom stereocenters. The summed E-state index contributed by atoms with van der Waals surface area (Å²) in [6, 6.07) is 4.06. The third kappa shape index (κ3) is 0.927. The number of nitrogens with zero attached hydrogens (tertiary/aromatic N) is 1. The third-order valence-corrected chi connectivity index (χ3v) is 1.92. The van der Waals surface area contributed by atoms with Gasteiger partial charge >= 0.3 is 0 Å². The second kappa shape index (κ2) is 2.42. The van der Waals surface area contributed by atoms with E-state index in [1.54, 1.807) is 6.20 Å². The molecule has 11 heavy (non-hydrogen) atoms. The molecule has 1 N–H and O–H groups in total. The molecule has 54 valence electrons. The molecule has 0 saturated heterocycles. The third-order valence-electron chi connectivity index (χ3n) is 1.92. The first-order chi connectivity index (χ1) is 5.42. The predicted octanol–water partition coefficient (Wildman–Crippen LogP) is 0.673. The zero-order valence-corrected chi connectivity index (χ0v) is 6.46. The molecule has 0 atom stereocenters. The van der Waals surface area contributed by atoms with Crippen molar-refractivity contribution in [3.63, 3.8) is 0 Å². The summed E-state index contributed by atoms with van der Waals surface area (Å²) in [4.78, 5) is 7.32. The summed E-state index contributed by atoms with van der Waals surface area (Å²) in [6.07, 6.45) is 3.83. The maximum Gasteiger partial charge on any atom is 0.157 e. The molecule has 0 aliphatic carbocycles. The lowest BCUT2D eigenvalue weighted by Crippen LogP contribution is -2.07. The first kappa shape index (κ1) is 6.46. The fourth-order valence-corrected chi connectivity index (χ4v) is 1.31. The number of pyridine rings is 1. The van der Waals surface area contributed by atoms with E-state index < -0.39 is 0 Å².